The van der Waals surface area contributed by atoms with Gasteiger partial charge in [0, 0.05) is 14.1 Å². The van der Waals surface area contributed by atoms with Gasteiger partial charge in [-0.3, -0.25) is 0 Å². The Morgan fingerprint density at radius 1 is 1.35 bits per heavy atom. The van der Waals surface area contributed by atoms with Gasteiger partial charge in [-0.15, -0.1) is 5.10 Å². The molecule has 2 aromatic rings. The number of benzene rings is 1. The molecule has 106 valence electrons. The molecule has 20 heavy (non-hydrogen) atoms. The van der Waals surface area contributed by atoms with Gasteiger partial charge in [0.2, 0.25) is 0 Å². The van der Waals surface area contributed by atoms with E-state index in [0.29, 0.717) is 5.82 Å². The summed E-state index contributed by atoms with van der Waals surface area (Å²) in [5.74, 6) is 0.262. The average molecular weight is 274 g/mol. The second-order valence-corrected chi connectivity index (χ2v) is 4.67. The number of carbonyl (C=O) groups excluding carboxylic acids is 1. The van der Waals surface area contributed by atoms with Crippen molar-refractivity contribution in [2.75, 3.05) is 31.8 Å². The van der Waals surface area contributed by atoms with E-state index in [4.69, 9.17) is 10.5 Å². The number of para-hydroxylation sites is 1. The van der Waals surface area contributed by atoms with Crippen LogP contribution in [0.2, 0.25) is 0 Å². The van der Waals surface area contributed by atoms with Gasteiger partial charge < -0.3 is 15.4 Å². The first-order valence-corrected chi connectivity index (χ1v) is 6.17. The third-order valence-corrected chi connectivity index (χ3v) is 3.06. The molecule has 0 bridgehead atoms. The van der Waals surface area contributed by atoms with Crippen LogP contribution in [0.15, 0.2) is 24.3 Å². The smallest absolute Gasteiger partial charge is 0.345 e. The van der Waals surface area contributed by atoms with E-state index >= 15 is 0 Å². The van der Waals surface area contributed by atoms with Crippen LogP contribution >= 0.6 is 0 Å². The molecule has 6 heteroatoms. The lowest BCUT2D eigenvalue weighted by Crippen LogP contribution is -2.14. The van der Waals surface area contributed by atoms with Crippen molar-refractivity contribution < 1.29 is 9.53 Å². The predicted molar refractivity (Wildman–Crippen MR) is 78.4 cm³/mol. The normalized spacial score (nSPS) is 10.4. The number of carbonyl (C=O) groups is 1. The van der Waals surface area contributed by atoms with Crippen LogP contribution in [-0.2, 0) is 4.74 Å². The topological polar surface area (TPSA) is 73.4 Å². The zero-order valence-electron chi connectivity index (χ0n) is 12.0. The van der Waals surface area contributed by atoms with Crippen molar-refractivity contribution in [3.63, 3.8) is 0 Å². The Morgan fingerprint density at radius 3 is 2.55 bits per heavy atom. The maximum absolute atomic E-state index is 11.9. The van der Waals surface area contributed by atoms with Crippen LogP contribution in [0.4, 0.5) is 11.6 Å². The number of anilines is 2. The summed E-state index contributed by atoms with van der Waals surface area (Å²) in [6.07, 6.45) is 0. The first-order valence-electron chi connectivity index (χ1n) is 6.17. The van der Waals surface area contributed by atoms with Crippen molar-refractivity contribution in [3.8, 4) is 5.69 Å². The molecule has 0 atom stereocenters. The molecular formula is C14H18N4O2. The summed E-state index contributed by atoms with van der Waals surface area (Å²) in [5, 5.41) is 4.43. The summed E-state index contributed by atoms with van der Waals surface area (Å²) in [5.41, 5.74) is 8.22. The van der Waals surface area contributed by atoms with Gasteiger partial charge in [0.25, 0.3) is 0 Å². The number of methoxy groups -OCH3 is 1. The van der Waals surface area contributed by atoms with Crippen molar-refractivity contribution in [2.45, 2.75) is 6.92 Å². The van der Waals surface area contributed by atoms with E-state index in [0.717, 1.165) is 11.3 Å². The quantitative estimate of drug-likeness (QED) is 0.861. The molecule has 0 fully saturated rings. The molecule has 0 amide bonds. The Morgan fingerprint density at radius 2 is 2.00 bits per heavy atom. The summed E-state index contributed by atoms with van der Waals surface area (Å²) in [7, 11) is 4.93. The highest BCUT2D eigenvalue weighted by Gasteiger charge is 2.25. The van der Waals surface area contributed by atoms with E-state index in [-0.39, 0.29) is 11.4 Å². The minimum Gasteiger partial charge on any atom is -0.465 e. The van der Waals surface area contributed by atoms with Crippen LogP contribution in [0.3, 0.4) is 0 Å². The predicted octanol–water partition coefficient (Wildman–Crippen LogP) is 1.62. The van der Waals surface area contributed by atoms with E-state index in [9.17, 15) is 4.79 Å². The zero-order valence-corrected chi connectivity index (χ0v) is 12.0. The standard InChI is InChI=1S/C14H18N4O2/c1-9-7-5-6-8-10(9)18-12(15)11(14(19)20-4)13(16-18)17(2)3/h5-8H,15H2,1-4H3. The lowest BCUT2D eigenvalue weighted by Gasteiger charge is -2.09. The molecule has 0 aliphatic rings. The molecule has 1 aromatic carbocycles. The molecule has 0 spiro atoms. The summed E-state index contributed by atoms with van der Waals surface area (Å²) in [6.45, 7) is 1.96. The van der Waals surface area contributed by atoms with E-state index in [1.165, 1.54) is 7.11 Å². The molecule has 0 radical (unpaired) electrons. The molecule has 1 aromatic heterocycles. The first-order chi connectivity index (χ1) is 9.47. The molecule has 0 saturated heterocycles. The molecule has 1 heterocycles. The minimum atomic E-state index is -0.494. The van der Waals surface area contributed by atoms with E-state index < -0.39 is 5.97 Å². The molecular weight excluding hydrogens is 256 g/mol. The van der Waals surface area contributed by atoms with Gasteiger partial charge in [-0.1, -0.05) is 18.2 Å². The number of hydrogen-bond donors (Lipinski definition) is 1. The number of rotatable bonds is 3. The SMILES string of the molecule is COC(=O)c1c(N(C)C)nn(-c2ccccc2C)c1N. The molecule has 0 saturated carbocycles. The number of nitrogens with two attached hydrogens (primary N) is 1. The largest absolute Gasteiger partial charge is 0.465 e. The van der Waals surface area contributed by atoms with E-state index in [1.54, 1.807) is 23.7 Å². The fraction of sp³-hybridized carbons (Fsp3) is 0.286. The number of ether oxygens (including phenoxy) is 1. The number of esters is 1. The van der Waals surface area contributed by atoms with Crippen molar-refractivity contribution in [3.05, 3.63) is 35.4 Å². The van der Waals surface area contributed by atoms with Gasteiger partial charge in [-0.05, 0) is 18.6 Å². The second-order valence-electron chi connectivity index (χ2n) is 4.67. The first kappa shape index (κ1) is 13.9. The highest BCUT2D eigenvalue weighted by atomic mass is 16.5. The number of aryl methyl sites for hydroxylation is 1. The van der Waals surface area contributed by atoms with Gasteiger partial charge in [-0.2, -0.15) is 0 Å². The molecule has 0 aliphatic carbocycles. The monoisotopic (exact) mass is 274 g/mol. The zero-order chi connectivity index (χ0) is 14.9. The molecule has 0 unspecified atom stereocenters. The third-order valence-electron chi connectivity index (χ3n) is 3.06. The van der Waals surface area contributed by atoms with Crippen molar-refractivity contribution in [2.24, 2.45) is 0 Å². The highest BCUT2D eigenvalue weighted by molar-refractivity contribution is 6.00. The van der Waals surface area contributed by atoms with Crippen LogP contribution in [-0.4, -0.2) is 37.0 Å². The fourth-order valence-corrected chi connectivity index (χ4v) is 2.01. The average Bonchev–Trinajstić information content (AvgIpc) is 2.76. The maximum Gasteiger partial charge on any atom is 0.345 e. The third kappa shape index (κ3) is 2.20. The molecule has 6 nitrogen and oxygen atoms in total. The van der Waals surface area contributed by atoms with Crippen LogP contribution in [0.1, 0.15) is 15.9 Å². The number of aromatic nitrogens is 2. The maximum atomic E-state index is 11.9. The summed E-state index contributed by atoms with van der Waals surface area (Å²) in [4.78, 5) is 13.6. The number of nitrogen functional groups attached to an aromatic ring is 1. The fourth-order valence-electron chi connectivity index (χ4n) is 2.01. The van der Waals surface area contributed by atoms with Gasteiger partial charge in [0.15, 0.2) is 5.82 Å². The molecule has 0 aliphatic heterocycles. The Bertz CT molecular complexity index is 647. The summed E-state index contributed by atoms with van der Waals surface area (Å²) >= 11 is 0. The Kier molecular flexibility index (Phi) is 3.65. The second kappa shape index (κ2) is 5.24. The van der Waals surface area contributed by atoms with Crippen molar-refractivity contribution >= 4 is 17.6 Å². The Balaban J connectivity index is 2.68. The summed E-state index contributed by atoms with van der Waals surface area (Å²) < 4.78 is 6.35. The Hall–Kier alpha value is -2.50. The molecule has 2 N–H and O–H groups in total. The Labute approximate surface area is 117 Å². The minimum absolute atomic E-state index is 0.273. The van der Waals surface area contributed by atoms with E-state index in [1.807, 2.05) is 31.2 Å². The van der Waals surface area contributed by atoms with Gasteiger partial charge in [0.05, 0.1) is 12.8 Å². The van der Waals surface area contributed by atoms with Crippen LogP contribution in [0.25, 0.3) is 5.69 Å². The van der Waals surface area contributed by atoms with Gasteiger partial charge >= 0.3 is 5.97 Å². The van der Waals surface area contributed by atoms with Crippen LogP contribution in [0.5, 0.6) is 0 Å². The van der Waals surface area contributed by atoms with Crippen LogP contribution < -0.4 is 10.6 Å². The van der Waals surface area contributed by atoms with Crippen molar-refractivity contribution in [1.29, 1.82) is 0 Å². The lowest BCUT2D eigenvalue weighted by molar-refractivity contribution is 0.0602. The lowest BCUT2D eigenvalue weighted by atomic mass is 10.2. The van der Waals surface area contributed by atoms with Gasteiger partial charge in [0.1, 0.15) is 11.4 Å². The molecule has 2 rings (SSSR count). The van der Waals surface area contributed by atoms with Gasteiger partial charge in [-0.25, -0.2) is 9.48 Å². The highest BCUT2D eigenvalue weighted by Crippen LogP contribution is 2.28. The van der Waals surface area contributed by atoms with E-state index in [2.05, 4.69) is 5.10 Å². The number of nitrogens with zero attached hydrogens (tertiary/aromatic N) is 3. The van der Waals surface area contributed by atoms with Crippen molar-refractivity contribution in [1.82, 2.24) is 9.78 Å². The summed E-state index contributed by atoms with van der Waals surface area (Å²) in [6, 6.07) is 7.70. The number of hydrogen-bond acceptors (Lipinski definition) is 5. The van der Waals surface area contributed by atoms with Crippen LogP contribution in [0, 0.1) is 6.92 Å².